The smallest absolute Gasteiger partial charge is 0.104 e. The molecule has 4 rings (SSSR count). The van der Waals surface area contributed by atoms with Crippen LogP contribution in [0.25, 0.3) is 22.5 Å². The number of benzene rings is 2. The standard InChI is InChI=1S/C22H18BrN3O/c23-18-8-6-16(7-9-18)20-14-21(26-10-12-27-13-11-26)19(15-24)22(25-20)17-4-2-1-3-5-17/h1-9,14H,10-13H2. The molecule has 1 aliphatic heterocycles. The molecule has 0 spiro atoms. The SMILES string of the molecule is N#Cc1c(N2CCOCC2)cc(-c2ccc(Br)cc2)nc1-c1ccccc1. The van der Waals surface area contributed by atoms with Crippen LogP contribution >= 0.6 is 15.9 Å². The van der Waals surface area contributed by atoms with Crippen LogP contribution in [0.2, 0.25) is 0 Å². The molecular formula is C22H18BrN3O. The number of rotatable bonds is 3. The third kappa shape index (κ3) is 3.73. The first-order chi connectivity index (χ1) is 13.3. The molecule has 27 heavy (non-hydrogen) atoms. The van der Waals surface area contributed by atoms with Crippen LogP contribution in [-0.4, -0.2) is 31.3 Å². The first kappa shape index (κ1) is 17.7. The van der Waals surface area contributed by atoms with Crippen LogP contribution in [0.4, 0.5) is 5.69 Å². The van der Waals surface area contributed by atoms with E-state index in [9.17, 15) is 5.26 Å². The summed E-state index contributed by atoms with van der Waals surface area (Å²) in [7, 11) is 0. The maximum atomic E-state index is 9.93. The van der Waals surface area contributed by atoms with Crippen molar-refractivity contribution in [3.05, 3.63) is 70.7 Å². The van der Waals surface area contributed by atoms with Gasteiger partial charge in [0.25, 0.3) is 0 Å². The molecule has 2 aromatic carbocycles. The molecule has 0 atom stereocenters. The topological polar surface area (TPSA) is 49.2 Å². The minimum atomic E-state index is 0.615. The van der Waals surface area contributed by atoms with Crippen molar-refractivity contribution in [2.45, 2.75) is 0 Å². The van der Waals surface area contributed by atoms with Crippen LogP contribution in [0.1, 0.15) is 5.56 Å². The number of hydrogen-bond acceptors (Lipinski definition) is 4. The highest BCUT2D eigenvalue weighted by atomic mass is 79.9. The quantitative estimate of drug-likeness (QED) is 0.606. The molecule has 0 aliphatic carbocycles. The Kier molecular flexibility index (Phi) is 5.19. The molecule has 1 aromatic heterocycles. The lowest BCUT2D eigenvalue weighted by molar-refractivity contribution is 0.122. The molecule has 1 fully saturated rings. The van der Waals surface area contributed by atoms with Crippen LogP contribution in [0, 0.1) is 11.3 Å². The van der Waals surface area contributed by atoms with Crippen molar-refractivity contribution < 1.29 is 4.74 Å². The summed E-state index contributed by atoms with van der Waals surface area (Å²) in [4.78, 5) is 7.09. The van der Waals surface area contributed by atoms with Gasteiger partial charge in [0.2, 0.25) is 0 Å². The van der Waals surface area contributed by atoms with Crippen molar-refractivity contribution in [1.82, 2.24) is 4.98 Å². The van der Waals surface area contributed by atoms with Gasteiger partial charge >= 0.3 is 0 Å². The zero-order valence-electron chi connectivity index (χ0n) is 14.7. The molecule has 0 bridgehead atoms. The van der Waals surface area contributed by atoms with Gasteiger partial charge in [-0.3, -0.25) is 0 Å². The first-order valence-electron chi connectivity index (χ1n) is 8.85. The van der Waals surface area contributed by atoms with Crippen molar-refractivity contribution in [3.8, 4) is 28.6 Å². The van der Waals surface area contributed by atoms with E-state index in [-0.39, 0.29) is 0 Å². The largest absolute Gasteiger partial charge is 0.378 e. The van der Waals surface area contributed by atoms with Gasteiger partial charge < -0.3 is 9.64 Å². The van der Waals surface area contributed by atoms with Gasteiger partial charge in [-0.05, 0) is 18.2 Å². The summed E-state index contributed by atoms with van der Waals surface area (Å²) in [6.07, 6.45) is 0. The van der Waals surface area contributed by atoms with Crippen LogP contribution in [0.5, 0.6) is 0 Å². The first-order valence-corrected chi connectivity index (χ1v) is 9.65. The summed E-state index contributed by atoms with van der Waals surface area (Å²) in [6, 6.07) is 22.4. The van der Waals surface area contributed by atoms with E-state index in [1.54, 1.807) is 0 Å². The molecule has 0 radical (unpaired) electrons. The molecule has 5 heteroatoms. The van der Waals surface area contributed by atoms with Crippen molar-refractivity contribution in [2.75, 3.05) is 31.2 Å². The average Bonchev–Trinajstić information content (AvgIpc) is 2.74. The molecular weight excluding hydrogens is 402 g/mol. The Hall–Kier alpha value is -2.68. The van der Waals surface area contributed by atoms with E-state index < -0.39 is 0 Å². The van der Waals surface area contributed by atoms with E-state index in [1.807, 2.05) is 60.7 Å². The van der Waals surface area contributed by atoms with E-state index in [1.165, 1.54) is 0 Å². The highest BCUT2D eigenvalue weighted by molar-refractivity contribution is 9.10. The molecule has 0 N–H and O–H groups in total. The Bertz CT molecular complexity index is 975. The van der Waals surface area contributed by atoms with Crippen molar-refractivity contribution in [3.63, 3.8) is 0 Å². The van der Waals surface area contributed by atoms with E-state index in [4.69, 9.17) is 9.72 Å². The second-order valence-corrected chi connectivity index (χ2v) is 7.25. The number of morpholine rings is 1. The van der Waals surface area contributed by atoms with Crippen molar-refractivity contribution >= 4 is 21.6 Å². The summed E-state index contributed by atoms with van der Waals surface area (Å²) in [6.45, 7) is 2.88. The molecule has 134 valence electrons. The number of anilines is 1. The number of aromatic nitrogens is 1. The zero-order valence-corrected chi connectivity index (χ0v) is 16.3. The van der Waals surface area contributed by atoms with Gasteiger partial charge in [0, 0.05) is 28.7 Å². The van der Waals surface area contributed by atoms with Gasteiger partial charge in [-0.15, -0.1) is 0 Å². The number of halogens is 1. The maximum Gasteiger partial charge on any atom is 0.104 e. The van der Waals surface area contributed by atoms with Gasteiger partial charge in [-0.2, -0.15) is 5.26 Å². The van der Waals surface area contributed by atoms with E-state index in [2.05, 4.69) is 26.9 Å². The Morgan fingerprint density at radius 3 is 2.33 bits per heavy atom. The van der Waals surface area contributed by atoms with E-state index in [0.29, 0.717) is 18.8 Å². The fraction of sp³-hybridized carbons (Fsp3) is 0.182. The lowest BCUT2D eigenvalue weighted by atomic mass is 10.0. The van der Waals surface area contributed by atoms with Gasteiger partial charge in [-0.25, -0.2) is 4.98 Å². The molecule has 0 amide bonds. The summed E-state index contributed by atoms with van der Waals surface area (Å²) in [5.74, 6) is 0. The Balaban J connectivity index is 1.92. The molecule has 4 nitrogen and oxygen atoms in total. The molecule has 1 saturated heterocycles. The maximum absolute atomic E-state index is 9.93. The fourth-order valence-electron chi connectivity index (χ4n) is 3.27. The second kappa shape index (κ2) is 7.91. The number of ether oxygens (including phenoxy) is 1. The summed E-state index contributed by atoms with van der Waals surface area (Å²) >= 11 is 3.48. The normalized spacial score (nSPS) is 14.0. The minimum Gasteiger partial charge on any atom is -0.378 e. The summed E-state index contributed by atoms with van der Waals surface area (Å²) in [5, 5.41) is 9.93. The number of pyridine rings is 1. The highest BCUT2D eigenvalue weighted by Crippen LogP contribution is 2.34. The van der Waals surface area contributed by atoms with Crippen LogP contribution in [0.15, 0.2) is 65.1 Å². The Labute approximate surface area is 167 Å². The number of hydrogen-bond donors (Lipinski definition) is 0. The van der Waals surface area contributed by atoms with Crippen molar-refractivity contribution in [1.29, 1.82) is 5.26 Å². The predicted molar refractivity (Wildman–Crippen MR) is 111 cm³/mol. The van der Waals surface area contributed by atoms with Gasteiger partial charge in [-0.1, -0.05) is 58.4 Å². The number of nitriles is 1. The van der Waals surface area contributed by atoms with Crippen molar-refractivity contribution in [2.24, 2.45) is 0 Å². The van der Waals surface area contributed by atoms with Crippen LogP contribution in [0.3, 0.4) is 0 Å². The van der Waals surface area contributed by atoms with Crippen LogP contribution < -0.4 is 4.90 Å². The van der Waals surface area contributed by atoms with Gasteiger partial charge in [0.05, 0.1) is 30.3 Å². The lowest BCUT2D eigenvalue weighted by Crippen LogP contribution is -2.36. The Morgan fingerprint density at radius 1 is 0.963 bits per heavy atom. The monoisotopic (exact) mass is 419 g/mol. The summed E-state index contributed by atoms with van der Waals surface area (Å²) < 4.78 is 6.52. The third-order valence-electron chi connectivity index (χ3n) is 4.65. The summed E-state index contributed by atoms with van der Waals surface area (Å²) in [5.41, 5.74) is 5.09. The Morgan fingerprint density at radius 2 is 1.67 bits per heavy atom. The zero-order chi connectivity index (χ0) is 18.6. The highest BCUT2D eigenvalue weighted by Gasteiger charge is 2.21. The molecule has 0 saturated carbocycles. The predicted octanol–water partition coefficient (Wildman–Crippen LogP) is 4.89. The minimum absolute atomic E-state index is 0.615. The average molecular weight is 420 g/mol. The second-order valence-electron chi connectivity index (χ2n) is 6.33. The van der Waals surface area contributed by atoms with Gasteiger partial charge in [0.1, 0.15) is 11.6 Å². The molecule has 1 aliphatic rings. The van der Waals surface area contributed by atoms with E-state index >= 15 is 0 Å². The third-order valence-corrected chi connectivity index (χ3v) is 5.18. The van der Waals surface area contributed by atoms with E-state index in [0.717, 1.165) is 45.8 Å². The number of nitrogens with zero attached hydrogens (tertiary/aromatic N) is 3. The van der Waals surface area contributed by atoms with Gasteiger partial charge in [0.15, 0.2) is 0 Å². The molecule has 3 aromatic rings. The molecule has 2 heterocycles. The fourth-order valence-corrected chi connectivity index (χ4v) is 3.53. The molecule has 0 unspecified atom stereocenters. The lowest BCUT2D eigenvalue weighted by Gasteiger charge is -2.30. The van der Waals surface area contributed by atoms with Crippen LogP contribution in [-0.2, 0) is 4.74 Å².